The number of nitrogens with zero attached hydrogens (tertiary/aromatic N) is 4. The lowest BCUT2D eigenvalue weighted by molar-refractivity contribution is 0.358. The number of rotatable bonds is 3. The summed E-state index contributed by atoms with van der Waals surface area (Å²) >= 11 is 0. The number of piperazine rings is 1. The summed E-state index contributed by atoms with van der Waals surface area (Å²) in [5.74, 6) is -2.30. The molecule has 0 radical (unpaired) electrons. The number of halogens is 3. The van der Waals surface area contributed by atoms with E-state index in [-0.39, 0.29) is 17.3 Å². The quantitative estimate of drug-likeness (QED) is 0.759. The first-order valence-electron chi connectivity index (χ1n) is 9.14. The summed E-state index contributed by atoms with van der Waals surface area (Å²) < 4.78 is 66.9. The van der Waals surface area contributed by atoms with Crippen LogP contribution in [-0.2, 0) is 10.0 Å². The number of anilines is 1. The van der Waals surface area contributed by atoms with E-state index in [4.69, 9.17) is 0 Å². The Bertz CT molecular complexity index is 1040. The molecule has 6 nitrogen and oxygen atoms in total. The van der Waals surface area contributed by atoms with Gasteiger partial charge in [-0.3, -0.25) is 4.99 Å². The Morgan fingerprint density at radius 1 is 0.793 bits per heavy atom. The molecule has 2 aromatic carbocycles. The zero-order valence-corrected chi connectivity index (χ0v) is 16.2. The highest BCUT2D eigenvalue weighted by Gasteiger charge is 2.35. The molecule has 2 aliphatic rings. The van der Waals surface area contributed by atoms with Crippen LogP contribution >= 0.6 is 0 Å². The van der Waals surface area contributed by atoms with Crippen molar-refractivity contribution in [1.82, 2.24) is 9.21 Å². The van der Waals surface area contributed by atoms with E-state index in [1.807, 2.05) is 4.90 Å². The van der Waals surface area contributed by atoms with Gasteiger partial charge in [0.15, 0.2) is 11.6 Å². The molecule has 0 amide bonds. The third-order valence-corrected chi connectivity index (χ3v) is 6.79. The maximum atomic E-state index is 13.5. The third-order valence-electron chi connectivity index (χ3n) is 5.01. The number of sulfonamides is 1. The van der Waals surface area contributed by atoms with Crippen molar-refractivity contribution >= 4 is 21.7 Å². The van der Waals surface area contributed by atoms with Gasteiger partial charge in [-0.2, -0.15) is 0 Å². The average Bonchev–Trinajstić information content (AvgIpc) is 3.21. The molecule has 1 saturated heterocycles. The van der Waals surface area contributed by atoms with E-state index in [1.165, 1.54) is 12.1 Å². The first-order valence-corrected chi connectivity index (χ1v) is 10.6. The van der Waals surface area contributed by atoms with Crippen molar-refractivity contribution in [3.63, 3.8) is 0 Å². The van der Waals surface area contributed by atoms with Crippen LogP contribution < -0.4 is 4.90 Å². The van der Waals surface area contributed by atoms with Crippen molar-refractivity contribution in [2.24, 2.45) is 4.99 Å². The Morgan fingerprint density at radius 2 is 1.45 bits per heavy atom. The summed E-state index contributed by atoms with van der Waals surface area (Å²) in [4.78, 5) is 7.97. The van der Waals surface area contributed by atoms with E-state index in [1.54, 1.807) is 12.1 Å². The number of aliphatic imine (C=N–C) groups is 1. The maximum Gasteiger partial charge on any atom is 0.266 e. The molecule has 0 aromatic heterocycles. The zero-order valence-electron chi connectivity index (χ0n) is 15.4. The van der Waals surface area contributed by atoms with Gasteiger partial charge in [0.1, 0.15) is 5.82 Å². The summed E-state index contributed by atoms with van der Waals surface area (Å²) in [5, 5.41) is 0. The largest absolute Gasteiger partial charge is 0.368 e. The molecule has 0 unspecified atom stereocenters. The first kappa shape index (κ1) is 19.6. The number of hydrogen-bond acceptors (Lipinski definition) is 5. The summed E-state index contributed by atoms with van der Waals surface area (Å²) in [6, 6.07) is 8.76. The predicted molar refractivity (Wildman–Crippen MR) is 103 cm³/mol. The molecule has 0 N–H and O–H groups in total. The number of hydrogen-bond donors (Lipinski definition) is 0. The molecule has 0 spiro atoms. The van der Waals surface area contributed by atoms with Crippen LogP contribution in [0.4, 0.5) is 18.9 Å². The summed E-state index contributed by atoms with van der Waals surface area (Å²) in [6.45, 7) is 2.73. The minimum atomic E-state index is -4.05. The third kappa shape index (κ3) is 3.76. The van der Waals surface area contributed by atoms with E-state index in [0.29, 0.717) is 44.7 Å². The highest BCUT2D eigenvalue weighted by atomic mass is 32.2. The molecule has 154 valence electrons. The van der Waals surface area contributed by atoms with Gasteiger partial charge in [0, 0.05) is 31.9 Å². The van der Waals surface area contributed by atoms with Crippen LogP contribution in [0.3, 0.4) is 0 Å². The second-order valence-corrected chi connectivity index (χ2v) is 8.65. The van der Waals surface area contributed by atoms with Gasteiger partial charge in [-0.15, -0.1) is 0 Å². The van der Waals surface area contributed by atoms with Gasteiger partial charge in [-0.25, -0.2) is 25.9 Å². The lowest BCUT2D eigenvalue weighted by Gasteiger charge is -2.38. The Hall–Kier alpha value is -2.75. The van der Waals surface area contributed by atoms with Crippen LogP contribution in [0.2, 0.25) is 0 Å². The molecule has 4 rings (SSSR count). The molecule has 29 heavy (non-hydrogen) atoms. The van der Waals surface area contributed by atoms with E-state index >= 15 is 0 Å². The maximum absolute atomic E-state index is 13.5. The SMILES string of the molecule is O=S(=O)(c1ccc(F)c(F)c1)N1CCN=C1N1CCN(c2ccc(F)cc2)CC1. The van der Waals surface area contributed by atoms with Gasteiger partial charge in [0.2, 0.25) is 5.96 Å². The van der Waals surface area contributed by atoms with E-state index in [9.17, 15) is 21.6 Å². The molecule has 0 aliphatic carbocycles. The molecule has 0 saturated carbocycles. The predicted octanol–water partition coefficient (Wildman–Crippen LogP) is 2.29. The smallest absolute Gasteiger partial charge is 0.266 e. The number of guanidine groups is 1. The van der Waals surface area contributed by atoms with E-state index < -0.39 is 21.7 Å². The summed E-state index contributed by atoms with van der Waals surface area (Å²) in [7, 11) is -4.05. The molecule has 0 bridgehead atoms. The Labute approximate surface area is 166 Å². The fourth-order valence-corrected chi connectivity index (χ4v) is 4.94. The van der Waals surface area contributed by atoms with Crippen LogP contribution in [0.25, 0.3) is 0 Å². The van der Waals surface area contributed by atoms with Crippen molar-refractivity contribution in [1.29, 1.82) is 0 Å². The lowest BCUT2D eigenvalue weighted by atomic mass is 10.2. The minimum Gasteiger partial charge on any atom is -0.368 e. The summed E-state index contributed by atoms with van der Waals surface area (Å²) in [5.41, 5.74) is 0.894. The molecule has 2 heterocycles. The number of benzene rings is 2. The summed E-state index contributed by atoms with van der Waals surface area (Å²) in [6.07, 6.45) is 0. The molecular formula is C19H19F3N4O2S. The monoisotopic (exact) mass is 424 g/mol. The zero-order chi connectivity index (χ0) is 20.6. The van der Waals surface area contributed by atoms with Crippen LogP contribution in [0.1, 0.15) is 0 Å². The van der Waals surface area contributed by atoms with Gasteiger partial charge < -0.3 is 9.80 Å². The van der Waals surface area contributed by atoms with Gasteiger partial charge in [-0.05, 0) is 42.5 Å². The van der Waals surface area contributed by atoms with E-state index in [0.717, 1.165) is 22.1 Å². The van der Waals surface area contributed by atoms with Gasteiger partial charge >= 0.3 is 0 Å². The van der Waals surface area contributed by atoms with Crippen LogP contribution in [-0.4, -0.2) is 62.9 Å². The fraction of sp³-hybridized carbons (Fsp3) is 0.316. The first-order chi connectivity index (χ1) is 13.9. The van der Waals surface area contributed by atoms with E-state index in [2.05, 4.69) is 9.89 Å². The molecule has 2 aliphatic heterocycles. The Kier molecular flexibility index (Phi) is 5.12. The van der Waals surface area contributed by atoms with Crippen molar-refractivity contribution in [3.8, 4) is 0 Å². The molecule has 2 aromatic rings. The van der Waals surface area contributed by atoms with Gasteiger partial charge in [0.05, 0.1) is 18.0 Å². The van der Waals surface area contributed by atoms with Crippen LogP contribution in [0.5, 0.6) is 0 Å². The second-order valence-electron chi connectivity index (χ2n) is 6.79. The lowest BCUT2D eigenvalue weighted by Crippen LogP contribution is -2.53. The van der Waals surface area contributed by atoms with Crippen molar-refractivity contribution < 1.29 is 21.6 Å². The normalized spacial score (nSPS) is 17.6. The fourth-order valence-electron chi connectivity index (χ4n) is 3.49. The minimum absolute atomic E-state index is 0.148. The average molecular weight is 424 g/mol. The Balaban J connectivity index is 1.49. The highest BCUT2D eigenvalue weighted by Crippen LogP contribution is 2.24. The standard InChI is InChI=1S/C19H19F3N4O2S/c20-14-1-3-15(4-2-14)24-9-11-25(12-10-24)19-23-7-8-26(19)29(27,28)16-5-6-17(21)18(22)13-16/h1-6,13H,7-12H2. The van der Waals surface area contributed by atoms with Gasteiger partial charge in [-0.1, -0.05) is 0 Å². The molecule has 1 fully saturated rings. The second kappa shape index (κ2) is 7.58. The van der Waals surface area contributed by atoms with Crippen molar-refractivity contribution in [3.05, 3.63) is 59.9 Å². The topological polar surface area (TPSA) is 56.2 Å². The van der Waals surface area contributed by atoms with Crippen molar-refractivity contribution in [2.45, 2.75) is 4.90 Å². The molecule has 0 atom stereocenters. The molecule has 10 heteroatoms. The van der Waals surface area contributed by atoms with Crippen molar-refractivity contribution in [2.75, 3.05) is 44.2 Å². The van der Waals surface area contributed by atoms with Crippen LogP contribution in [0.15, 0.2) is 52.4 Å². The Morgan fingerprint density at radius 3 is 2.10 bits per heavy atom. The highest BCUT2D eigenvalue weighted by molar-refractivity contribution is 7.89. The van der Waals surface area contributed by atoms with Crippen LogP contribution in [0, 0.1) is 17.5 Å². The van der Waals surface area contributed by atoms with Gasteiger partial charge in [0.25, 0.3) is 10.0 Å². The molecular weight excluding hydrogens is 405 g/mol.